The van der Waals surface area contributed by atoms with Crippen LogP contribution in [0.2, 0.25) is 10.0 Å². The molecule has 2 aromatic carbocycles. The summed E-state index contributed by atoms with van der Waals surface area (Å²) in [7, 11) is 0. The second kappa shape index (κ2) is 8.03. The number of nitrogens with zero attached hydrogens (tertiary/aromatic N) is 1. The minimum Gasteiger partial charge on any atom is -0.489 e. The maximum atomic E-state index is 13.1. The van der Waals surface area contributed by atoms with E-state index >= 15 is 0 Å². The van der Waals surface area contributed by atoms with E-state index in [1.54, 1.807) is 18.2 Å². The van der Waals surface area contributed by atoms with Crippen molar-refractivity contribution in [1.29, 1.82) is 0 Å². The van der Waals surface area contributed by atoms with Gasteiger partial charge in [0.1, 0.15) is 18.4 Å². The van der Waals surface area contributed by atoms with Gasteiger partial charge in [-0.3, -0.25) is 9.59 Å². The molecule has 2 amide bonds. The van der Waals surface area contributed by atoms with Crippen LogP contribution in [0.5, 0.6) is 5.75 Å². The largest absolute Gasteiger partial charge is 0.489 e. The highest BCUT2D eigenvalue weighted by molar-refractivity contribution is 6.38. The summed E-state index contributed by atoms with van der Waals surface area (Å²) < 4.78 is 5.68. The quantitative estimate of drug-likeness (QED) is 0.730. The van der Waals surface area contributed by atoms with Gasteiger partial charge in [-0.05, 0) is 18.2 Å². The molecule has 0 radical (unpaired) electrons. The smallest absolute Gasteiger partial charge is 0.254 e. The second-order valence-electron chi connectivity index (χ2n) is 6.06. The molecule has 27 heavy (non-hydrogen) atoms. The summed E-state index contributed by atoms with van der Waals surface area (Å²) in [5.74, 6) is 0.0218. The molecule has 1 heterocycles. The van der Waals surface area contributed by atoms with Crippen molar-refractivity contribution in [3.8, 4) is 5.75 Å². The average Bonchev–Trinajstić information content (AvgIpc) is 2.91. The monoisotopic (exact) mass is 404 g/mol. The number of rotatable bonds is 6. The van der Waals surface area contributed by atoms with Crippen LogP contribution < -0.4 is 15.0 Å². The van der Waals surface area contributed by atoms with E-state index < -0.39 is 6.04 Å². The first-order valence-corrected chi connectivity index (χ1v) is 9.07. The number of fused-ring (bicyclic) bond motifs is 1. The lowest BCUT2D eigenvalue weighted by Crippen LogP contribution is -2.36. The van der Waals surface area contributed by atoms with Crippen LogP contribution in [0.15, 0.2) is 49.1 Å². The van der Waals surface area contributed by atoms with E-state index in [-0.39, 0.29) is 18.4 Å². The van der Waals surface area contributed by atoms with E-state index in [0.717, 1.165) is 5.56 Å². The molecule has 0 saturated heterocycles. The van der Waals surface area contributed by atoms with Crippen molar-refractivity contribution in [3.63, 3.8) is 0 Å². The number of benzene rings is 2. The Kier molecular flexibility index (Phi) is 5.73. The van der Waals surface area contributed by atoms with Crippen LogP contribution in [-0.4, -0.2) is 18.4 Å². The van der Waals surface area contributed by atoms with Gasteiger partial charge >= 0.3 is 0 Å². The molecular weight excluding hydrogens is 387 g/mol. The van der Waals surface area contributed by atoms with Gasteiger partial charge in [0, 0.05) is 23.1 Å². The van der Waals surface area contributed by atoms with Crippen LogP contribution in [0.1, 0.15) is 24.1 Å². The topological polar surface area (TPSA) is 58.6 Å². The van der Waals surface area contributed by atoms with Gasteiger partial charge in [0.25, 0.3) is 5.91 Å². The Labute approximate surface area is 167 Å². The van der Waals surface area contributed by atoms with Gasteiger partial charge in [-0.15, -0.1) is 0 Å². The third-order valence-corrected chi connectivity index (χ3v) is 4.83. The fourth-order valence-corrected chi connectivity index (χ4v) is 3.61. The first kappa shape index (κ1) is 19.3. The standard InChI is InChI=1S/C20H18Cl2N2O3/c1-3-10-27-16-7-5-4-6-13(16)11-24-19-15(22)9-8-14(21)17(19)18(20(24)26)23-12(2)25/h3-9,18H,1,10-11H2,2H3,(H,23,25)/t18-/m1/s1. The molecule has 0 aliphatic carbocycles. The number of amides is 2. The first-order valence-electron chi connectivity index (χ1n) is 8.32. The average molecular weight is 405 g/mol. The van der Waals surface area contributed by atoms with Crippen molar-refractivity contribution in [2.75, 3.05) is 11.5 Å². The van der Waals surface area contributed by atoms with Gasteiger partial charge in [-0.1, -0.05) is 54.1 Å². The predicted octanol–water partition coefficient (Wildman–Crippen LogP) is 4.28. The summed E-state index contributed by atoms with van der Waals surface area (Å²) in [4.78, 5) is 26.2. The molecule has 3 rings (SSSR count). The maximum absolute atomic E-state index is 13.1. The lowest BCUT2D eigenvalue weighted by atomic mass is 10.1. The van der Waals surface area contributed by atoms with E-state index in [9.17, 15) is 9.59 Å². The van der Waals surface area contributed by atoms with E-state index in [0.29, 0.717) is 33.7 Å². The zero-order valence-corrected chi connectivity index (χ0v) is 16.2. The Bertz CT molecular complexity index is 914. The Morgan fingerprint density at radius 1 is 1.26 bits per heavy atom. The SMILES string of the molecule is C=CCOc1ccccc1CN1C(=O)[C@H](NC(C)=O)c2c(Cl)ccc(Cl)c21. The van der Waals surface area contributed by atoms with Crippen molar-refractivity contribution in [1.82, 2.24) is 5.32 Å². The molecule has 0 unspecified atom stereocenters. The molecule has 2 aromatic rings. The highest BCUT2D eigenvalue weighted by Gasteiger charge is 2.41. The lowest BCUT2D eigenvalue weighted by Gasteiger charge is -2.21. The fourth-order valence-electron chi connectivity index (χ4n) is 3.08. The van der Waals surface area contributed by atoms with Crippen molar-refractivity contribution in [2.45, 2.75) is 19.5 Å². The first-order chi connectivity index (χ1) is 12.9. The van der Waals surface area contributed by atoms with Gasteiger partial charge in [0.05, 0.1) is 17.3 Å². The van der Waals surface area contributed by atoms with Crippen molar-refractivity contribution >= 4 is 40.7 Å². The van der Waals surface area contributed by atoms with Gasteiger partial charge in [0.2, 0.25) is 5.91 Å². The summed E-state index contributed by atoms with van der Waals surface area (Å²) in [6.07, 6.45) is 1.65. The van der Waals surface area contributed by atoms with E-state index in [1.165, 1.54) is 11.8 Å². The molecule has 0 fully saturated rings. The Morgan fingerprint density at radius 2 is 1.96 bits per heavy atom. The molecule has 0 aromatic heterocycles. The van der Waals surface area contributed by atoms with Crippen molar-refractivity contribution in [3.05, 3.63) is 70.2 Å². The minimum atomic E-state index is -0.870. The van der Waals surface area contributed by atoms with E-state index in [1.807, 2.05) is 24.3 Å². The molecule has 1 aliphatic heterocycles. The molecule has 7 heteroatoms. The third kappa shape index (κ3) is 3.80. The predicted molar refractivity (Wildman–Crippen MR) is 106 cm³/mol. The Balaban J connectivity index is 2.03. The van der Waals surface area contributed by atoms with Crippen molar-refractivity contribution in [2.24, 2.45) is 0 Å². The Hall–Kier alpha value is -2.50. The molecule has 140 valence electrons. The third-order valence-electron chi connectivity index (χ3n) is 4.19. The highest BCUT2D eigenvalue weighted by atomic mass is 35.5. The van der Waals surface area contributed by atoms with E-state index in [4.69, 9.17) is 27.9 Å². The van der Waals surface area contributed by atoms with Crippen LogP contribution in [-0.2, 0) is 16.1 Å². The van der Waals surface area contributed by atoms with Gasteiger partial charge in [0.15, 0.2) is 0 Å². The minimum absolute atomic E-state index is 0.231. The molecule has 0 bridgehead atoms. The number of carbonyl (C=O) groups excluding carboxylic acids is 2. The van der Waals surface area contributed by atoms with Gasteiger partial charge in [-0.2, -0.15) is 0 Å². The van der Waals surface area contributed by atoms with E-state index in [2.05, 4.69) is 11.9 Å². The molecule has 5 nitrogen and oxygen atoms in total. The maximum Gasteiger partial charge on any atom is 0.254 e. The molecule has 0 spiro atoms. The molecule has 1 atom stereocenters. The van der Waals surface area contributed by atoms with Crippen LogP contribution in [0.4, 0.5) is 5.69 Å². The molecule has 1 N–H and O–H groups in total. The van der Waals surface area contributed by atoms with Crippen LogP contribution in [0, 0.1) is 0 Å². The van der Waals surface area contributed by atoms with Crippen LogP contribution in [0.25, 0.3) is 0 Å². The summed E-state index contributed by atoms with van der Waals surface area (Å²) in [6, 6.07) is 9.80. The number of halogens is 2. The van der Waals surface area contributed by atoms with Crippen molar-refractivity contribution < 1.29 is 14.3 Å². The lowest BCUT2D eigenvalue weighted by molar-refractivity contribution is -0.126. The molecule has 1 aliphatic rings. The number of nitrogens with one attached hydrogen (secondary N) is 1. The fraction of sp³-hybridized carbons (Fsp3) is 0.200. The number of para-hydroxylation sites is 1. The Morgan fingerprint density at radius 3 is 2.67 bits per heavy atom. The number of anilines is 1. The highest BCUT2D eigenvalue weighted by Crippen LogP contribution is 2.45. The molecular formula is C20H18Cl2N2O3. The normalized spacial score (nSPS) is 15.4. The van der Waals surface area contributed by atoms with Crippen LogP contribution >= 0.6 is 23.2 Å². The number of ether oxygens (including phenoxy) is 1. The second-order valence-corrected chi connectivity index (χ2v) is 6.87. The summed E-state index contributed by atoms with van der Waals surface area (Å²) in [5, 5.41) is 3.43. The van der Waals surface area contributed by atoms with Gasteiger partial charge in [-0.25, -0.2) is 0 Å². The molecule has 0 saturated carbocycles. The summed E-state index contributed by atoms with van der Waals surface area (Å²) in [6.45, 7) is 5.58. The number of hydrogen-bond donors (Lipinski definition) is 1. The van der Waals surface area contributed by atoms with Gasteiger partial charge < -0.3 is 15.0 Å². The zero-order chi connectivity index (χ0) is 19.6. The zero-order valence-electron chi connectivity index (χ0n) is 14.7. The van der Waals surface area contributed by atoms with Crippen LogP contribution in [0.3, 0.4) is 0 Å². The summed E-state index contributed by atoms with van der Waals surface area (Å²) >= 11 is 12.7. The summed E-state index contributed by atoms with van der Waals surface area (Å²) in [5.41, 5.74) is 1.82. The number of carbonyl (C=O) groups is 2. The number of hydrogen-bond acceptors (Lipinski definition) is 3.